The molecule has 0 heterocycles. The molecule has 0 N–H and O–H groups in total. The summed E-state index contributed by atoms with van der Waals surface area (Å²) < 4.78 is 14.9. The van der Waals surface area contributed by atoms with Gasteiger partial charge < -0.3 is 14.2 Å². The maximum atomic E-state index is 11.0. The van der Waals surface area contributed by atoms with Crippen molar-refractivity contribution in [2.24, 2.45) is 0 Å². The van der Waals surface area contributed by atoms with Gasteiger partial charge in [-0.2, -0.15) is 0 Å². The fourth-order valence-corrected chi connectivity index (χ4v) is 1.53. The minimum absolute atomic E-state index is 0.367. The Balaban J connectivity index is 2.24. The number of benzene rings is 1. The molecule has 5 nitrogen and oxygen atoms in total. The van der Waals surface area contributed by atoms with Gasteiger partial charge in [-0.25, -0.2) is 9.59 Å². The average Bonchev–Trinajstić information content (AvgIpc) is 2.56. The Morgan fingerprint density at radius 3 is 2.41 bits per heavy atom. The van der Waals surface area contributed by atoms with Crippen molar-refractivity contribution in [2.75, 3.05) is 20.3 Å². The number of esters is 2. The van der Waals surface area contributed by atoms with Gasteiger partial charge in [-0.3, -0.25) is 0 Å². The standard InChI is InChI=1S/C17H20O5/c1-3-16(18)22-13-5-4-12-21-15-9-6-14(7-10-15)8-11-17(19)20-2/h3,6-11H,1,4-5,12-13H2,2H3/b11-8+. The SMILES string of the molecule is C=CC(=O)OCCCCOc1ccc(/C=C/C(=O)OC)cc1. The first kappa shape index (κ1) is 17.5. The van der Waals surface area contributed by atoms with E-state index in [4.69, 9.17) is 9.47 Å². The third-order valence-electron chi connectivity index (χ3n) is 2.71. The molecule has 0 spiro atoms. The van der Waals surface area contributed by atoms with E-state index in [0.717, 1.165) is 30.2 Å². The number of methoxy groups -OCH3 is 1. The summed E-state index contributed by atoms with van der Waals surface area (Å²) in [6, 6.07) is 7.35. The fourth-order valence-electron chi connectivity index (χ4n) is 1.53. The largest absolute Gasteiger partial charge is 0.494 e. The summed E-state index contributed by atoms with van der Waals surface area (Å²) in [6.07, 6.45) is 5.70. The normalized spacial score (nSPS) is 10.2. The highest BCUT2D eigenvalue weighted by Gasteiger charge is 1.97. The van der Waals surface area contributed by atoms with E-state index in [1.54, 1.807) is 6.08 Å². The third kappa shape index (κ3) is 7.28. The van der Waals surface area contributed by atoms with Crippen LogP contribution in [0.3, 0.4) is 0 Å². The van der Waals surface area contributed by atoms with Crippen LogP contribution in [0, 0.1) is 0 Å². The van der Waals surface area contributed by atoms with E-state index in [-0.39, 0.29) is 0 Å². The summed E-state index contributed by atoms with van der Waals surface area (Å²) >= 11 is 0. The maximum Gasteiger partial charge on any atom is 0.330 e. The molecule has 0 saturated carbocycles. The molecule has 0 unspecified atom stereocenters. The summed E-state index contributed by atoms with van der Waals surface area (Å²) in [6.45, 7) is 4.23. The van der Waals surface area contributed by atoms with Crippen LogP contribution in [0.4, 0.5) is 0 Å². The van der Waals surface area contributed by atoms with E-state index < -0.39 is 11.9 Å². The van der Waals surface area contributed by atoms with E-state index in [9.17, 15) is 9.59 Å². The Morgan fingerprint density at radius 2 is 1.77 bits per heavy atom. The zero-order valence-electron chi connectivity index (χ0n) is 12.6. The summed E-state index contributed by atoms with van der Waals surface area (Å²) in [5.74, 6) is -0.0488. The van der Waals surface area contributed by atoms with E-state index in [1.165, 1.54) is 13.2 Å². The van der Waals surface area contributed by atoms with E-state index >= 15 is 0 Å². The zero-order chi connectivity index (χ0) is 16.2. The van der Waals surface area contributed by atoms with Gasteiger partial charge >= 0.3 is 11.9 Å². The summed E-state index contributed by atoms with van der Waals surface area (Å²) in [7, 11) is 1.34. The third-order valence-corrected chi connectivity index (χ3v) is 2.71. The van der Waals surface area contributed by atoms with Crippen molar-refractivity contribution in [1.29, 1.82) is 0 Å². The maximum absolute atomic E-state index is 11.0. The zero-order valence-corrected chi connectivity index (χ0v) is 12.6. The number of unbranched alkanes of at least 4 members (excludes halogenated alkanes) is 1. The second-order valence-electron chi connectivity index (χ2n) is 4.35. The summed E-state index contributed by atoms with van der Waals surface area (Å²) in [5, 5.41) is 0. The lowest BCUT2D eigenvalue weighted by Crippen LogP contribution is -2.04. The second kappa shape index (κ2) is 10.2. The number of rotatable bonds is 9. The van der Waals surface area contributed by atoms with Gasteiger partial charge in [-0.05, 0) is 36.6 Å². The van der Waals surface area contributed by atoms with Gasteiger partial charge in [0.25, 0.3) is 0 Å². The molecular formula is C17H20O5. The van der Waals surface area contributed by atoms with Crippen LogP contribution in [-0.2, 0) is 19.1 Å². The van der Waals surface area contributed by atoms with E-state index in [2.05, 4.69) is 11.3 Å². The molecule has 0 aromatic heterocycles. The molecule has 0 amide bonds. The van der Waals surface area contributed by atoms with Gasteiger partial charge in [0.1, 0.15) is 5.75 Å². The molecule has 0 aliphatic carbocycles. The smallest absolute Gasteiger partial charge is 0.330 e. The van der Waals surface area contributed by atoms with Crippen LogP contribution >= 0.6 is 0 Å². The molecule has 0 aliphatic heterocycles. The second-order valence-corrected chi connectivity index (χ2v) is 4.35. The first-order valence-electron chi connectivity index (χ1n) is 6.94. The molecule has 5 heteroatoms. The minimum Gasteiger partial charge on any atom is -0.494 e. The number of hydrogen-bond donors (Lipinski definition) is 0. The minimum atomic E-state index is -0.406. The summed E-state index contributed by atoms with van der Waals surface area (Å²) in [5.41, 5.74) is 0.883. The topological polar surface area (TPSA) is 61.8 Å². The Kier molecular flexibility index (Phi) is 8.12. The van der Waals surface area contributed by atoms with Crippen molar-refractivity contribution in [3.8, 4) is 5.75 Å². The molecule has 0 fully saturated rings. The highest BCUT2D eigenvalue weighted by molar-refractivity contribution is 5.86. The van der Waals surface area contributed by atoms with Gasteiger partial charge in [-0.1, -0.05) is 18.7 Å². The molecular weight excluding hydrogens is 284 g/mol. The molecule has 1 aromatic rings. The van der Waals surface area contributed by atoms with Crippen LogP contribution in [0.2, 0.25) is 0 Å². The van der Waals surface area contributed by atoms with Crippen molar-refractivity contribution in [3.63, 3.8) is 0 Å². The van der Waals surface area contributed by atoms with Crippen LogP contribution in [0.1, 0.15) is 18.4 Å². The molecule has 0 atom stereocenters. The Bertz CT molecular complexity index is 516. The number of carbonyl (C=O) groups is 2. The van der Waals surface area contributed by atoms with Crippen LogP contribution in [-0.4, -0.2) is 32.3 Å². The summed E-state index contributed by atoms with van der Waals surface area (Å²) in [4.78, 5) is 21.8. The molecule has 118 valence electrons. The predicted molar refractivity (Wildman–Crippen MR) is 83.4 cm³/mol. The Morgan fingerprint density at radius 1 is 1.09 bits per heavy atom. The first-order valence-corrected chi connectivity index (χ1v) is 6.94. The van der Waals surface area contributed by atoms with Gasteiger partial charge in [0.05, 0.1) is 20.3 Å². The molecule has 1 rings (SSSR count). The highest BCUT2D eigenvalue weighted by atomic mass is 16.5. The number of ether oxygens (including phenoxy) is 3. The monoisotopic (exact) mass is 304 g/mol. The molecule has 22 heavy (non-hydrogen) atoms. The molecule has 0 bridgehead atoms. The molecule has 1 aromatic carbocycles. The molecule has 0 saturated heterocycles. The molecule has 0 radical (unpaired) electrons. The van der Waals surface area contributed by atoms with Gasteiger partial charge in [-0.15, -0.1) is 0 Å². The van der Waals surface area contributed by atoms with Crippen molar-refractivity contribution >= 4 is 18.0 Å². The van der Waals surface area contributed by atoms with Crippen molar-refractivity contribution in [1.82, 2.24) is 0 Å². The van der Waals surface area contributed by atoms with Crippen molar-refractivity contribution in [2.45, 2.75) is 12.8 Å². The lowest BCUT2D eigenvalue weighted by atomic mass is 10.2. The highest BCUT2D eigenvalue weighted by Crippen LogP contribution is 2.13. The van der Waals surface area contributed by atoms with Crippen LogP contribution in [0.25, 0.3) is 6.08 Å². The fraction of sp³-hybridized carbons (Fsp3) is 0.294. The first-order chi connectivity index (χ1) is 10.7. The lowest BCUT2D eigenvalue weighted by molar-refractivity contribution is -0.138. The van der Waals surface area contributed by atoms with Crippen LogP contribution in [0.15, 0.2) is 43.0 Å². The lowest BCUT2D eigenvalue weighted by Gasteiger charge is -2.06. The van der Waals surface area contributed by atoms with Gasteiger partial charge in [0.15, 0.2) is 0 Å². The van der Waals surface area contributed by atoms with E-state index in [1.807, 2.05) is 24.3 Å². The van der Waals surface area contributed by atoms with Crippen molar-refractivity contribution in [3.05, 3.63) is 48.6 Å². The Labute approximate surface area is 130 Å². The molecule has 0 aliphatic rings. The quantitative estimate of drug-likeness (QED) is 0.399. The Hall–Kier alpha value is -2.56. The average molecular weight is 304 g/mol. The predicted octanol–water partition coefficient (Wildman–Crippen LogP) is 2.76. The number of hydrogen-bond acceptors (Lipinski definition) is 5. The van der Waals surface area contributed by atoms with E-state index in [0.29, 0.717) is 13.2 Å². The van der Waals surface area contributed by atoms with Crippen LogP contribution in [0.5, 0.6) is 5.75 Å². The van der Waals surface area contributed by atoms with Gasteiger partial charge in [0, 0.05) is 12.2 Å². The van der Waals surface area contributed by atoms with Crippen LogP contribution < -0.4 is 4.74 Å². The number of carbonyl (C=O) groups excluding carboxylic acids is 2. The van der Waals surface area contributed by atoms with Crippen molar-refractivity contribution < 1.29 is 23.8 Å². The van der Waals surface area contributed by atoms with Gasteiger partial charge in [0.2, 0.25) is 0 Å².